The number of nitrogens with zero attached hydrogens (tertiary/aromatic N) is 2. The van der Waals surface area contributed by atoms with Gasteiger partial charge < -0.3 is 15.3 Å². The summed E-state index contributed by atoms with van der Waals surface area (Å²) in [5.74, 6) is 0.847. The van der Waals surface area contributed by atoms with Gasteiger partial charge in [0.25, 0.3) is 0 Å². The van der Waals surface area contributed by atoms with Gasteiger partial charge in [-0.25, -0.2) is 4.98 Å². The van der Waals surface area contributed by atoms with Gasteiger partial charge in [-0.2, -0.15) is 0 Å². The fourth-order valence-electron chi connectivity index (χ4n) is 2.19. The molecule has 0 aliphatic heterocycles. The number of aliphatic hydroxyl groups excluding tert-OH is 1. The lowest BCUT2D eigenvalue weighted by Gasteiger charge is -2.21. The summed E-state index contributed by atoms with van der Waals surface area (Å²) < 4.78 is 0. The summed E-state index contributed by atoms with van der Waals surface area (Å²) in [6.45, 7) is 4.81. The van der Waals surface area contributed by atoms with E-state index in [0.717, 1.165) is 22.3 Å². The Morgan fingerprint density at radius 1 is 1.35 bits per heavy atom. The van der Waals surface area contributed by atoms with Crippen molar-refractivity contribution in [3.05, 3.63) is 29.4 Å². The van der Waals surface area contributed by atoms with Crippen LogP contribution in [0.15, 0.2) is 24.4 Å². The van der Waals surface area contributed by atoms with Crippen LogP contribution >= 0.6 is 11.6 Å². The Balaban J connectivity index is 2.57. The van der Waals surface area contributed by atoms with Crippen LogP contribution in [0.3, 0.4) is 0 Å². The van der Waals surface area contributed by atoms with Gasteiger partial charge in [-0.05, 0) is 32.0 Å². The number of pyridine rings is 1. The summed E-state index contributed by atoms with van der Waals surface area (Å²) in [4.78, 5) is 6.46. The van der Waals surface area contributed by atoms with Crippen LogP contribution < -0.4 is 10.2 Å². The van der Waals surface area contributed by atoms with Gasteiger partial charge in [-0.1, -0.05) is 11.6 Å². The topological polar surface area (TPSA) is 48.4 Å². The van der Waals surface area contributed by atoms with Gasteiger partial charge in [0.1, 0.15) is 5.82 Å². The average molecular weight is 294 g/mol. The molecule has 0 aliphatic rings. The van der Waals surface area contributed by atoms with Crippen LogP contribution in [0.1, 0.15) is 13.8 Å². The zero-order valence-corrected chi connectivity index (χ0v) is 12.8. The second kappa shape index (κ2) is 6.29. The number of aliphatic hydroxyl groups is 1. The number of nitrogens with one attached hydrogen (secondary N) is 1. The maximum atomic E-state index is 9.08. The first-order valence-electron chi connectivity index (χ1n) is 6.69. The average Bonchev–Trinajstić information content (AvgIpc) is 2.39. The molecule has 1 heterocycles. The van der Waals surface area contributed by atoms with Crippen LogP contribution in [-0.2, 0) is 0 Å². The first kappa shape index (κ1) is 14.9. The molecule has 1 aromatic carbocycles. The van der Waals surface area contributed by atoms with Gasteiger partial charge in [0.15, 0.2) is 0 Å². The molecule has 0 bridgehead atoms. The zero-order valence-electron chi connectivity index (χ0n) is 12.0. The molecule has 2 aromatic rings. The third-order valence-corrected chi connectivity index (χ3v) is 3.30. The van der Waals surface area contributed by atoms with Crippen molar-refractivity contribution in [2.24, 2.45) is 0 Å². The highest BCUT2D eigenvalue weighted by Crippen LogP contribution is 2.32. The van der Waals surface area contributed by atoms with Gasteiger partial charge >= 0.3 is 0 Å². The van der Waals surface area contributed by atoms with Crippen molar-refractivity contribution in [1.82, 2.24) is 4.98 Å². The van der Waals surface area contributed by atoms with E-state index in [1.54, 1.807) is 0 Å². The summed E-state index contributed by atoms with van der Waals surface area (Å²) in [6.07, 6.45) is 1.82. The number of hydrogen-bond donors (Lipinski definition) is 2. The fraction of sp³-hybridized carbons (Fsp3) is 0.400. The summed E-state index contributed by atoms with van der Waals surface area (Å²) >= 11 is 6.12. The van der Waals surface area contributed by atoms with E-state index in [1.165, 1.54) is 0 Å². The molecule has 0 saturated heterocycles. The van der Waals surface area contributed by atoms with Crippen LogP contribution in [0.2, 0.25) is 5.02 Å². The third-order valence-electron chi connectivity index (χ3n) is 3.07. The van der Waals surface area contributed by atoms with Crippen LogP contribution in [0, 0.1) is 0 Å². The largest absolute Gasteiger partial charge is 0.395 e. The molecule has 0 atom stereocenters. The molecular formula is C15H20ClN3O. The van der Waals surface area contributed by atoms with Crippen LogP contribution in [-0.4, -0.2) is 36.3 Å². The molecule has 0 aliphatic carbocycles. The van der Waals surface area contributed by atoms with E-state index in [1.807, 2.05) is 36.3 Å². The molecule has 0 saturated carbocycles. The number of anilines is 2. The van der Waals surface area contributed by atoms with Crippen molar-refractivity contribution in [3.8, 4) is 0 Å². The van der Waals surface area contributed by atoms with Gasteiger partial charge in [0.2, 0.25) is 0 Å². The Morgan fingerprint density at radius 3 is 2.75 bits per heavy atom. The smallest absolute Gasteiger partial charge is 0.136 e. The first-order valence-corrected chi connectivity index (χ1v) is 7.07. The Kier molecular flexibility index (Phi) is 4.68. The molecule has 2 N–H and O–H groups in total. The molecule has 0 amide bonds. The van der Waals surface area contributed by atoms with Gasteiger partial charge in [-0.3, -0.25) is 0 Å². The summed E-state index contributed by atoms with van der Waals surface area (Å²) in [5.41, 5.74) is 0.971. The van der Waals surface area contributed by atoms with Gasteiger partial charge in [-0.15, -0.1) is 0 Å². The third kappa shape index (κ3) is 3.14. The quantitative estimate of drug-likeness (QED) is 0.889. The number of halogens is 1. The Hall–Kier alpha value is -1.52. The fourth-order valence-corrected chi connectivity index (χ4v) is 2.36. The van der Waals surface area contributed by atoms with E-state index in [9.17, 15) is 0 Å². The van der Waals surface area contributed by atoms with Crippen molar-refractivity contribution < 1.29 is 5.11 Å². The number of hydrogen-bond acceptors (Lipinski definition) is 4. The second-order valence-corrected chi connectivity index (χ2v) is 5.57. The molecule has 20 heavy (non-hydrogen) atoms. The molecule has 108 valence electrons. The van der Waals surface area contributed by atoms with E-state index in [2.05, 4.69) is 24.1 Å². The molecule has 1 aromatic heterocycles. The first-order chi connectivity index (χ1) is 9.52. The lowest BCUT2D eigenvalue weighted by molar-refractivity contribution is 0.304. The highest BCUT2D eigenvalue weighted by molar-refractivity contribution is 6.31. The minimum atomic E-state index is 0.0965. The van der Waals surface area contributed by atoms with E-state index >= 15 is 0 Å². The Labute approximate surface area is 124 Å². The molecule has 4 nitrogen and oxygen atoms in total. The Morgan fingerprint density at radius 2 is 2.10 bits per heavy atom. The van der Waals surface area contributed by atoms with E-state index in [0.29, 0.717) is 17.6 Å². The molecule has 2 rings (SSSR count). The minimum Gasteiger partial charge on any atom is -0.395 e. The van der Waals surface area contributed by atoms with Crippen LogP contribution in [0.4, 0.5) is 11.5 Å². The number of likely N-dealkylation sites (N-methyl/N-ethyl adjacent to an activating group) is 1. The van der Waals surface area contributed by atoms with Crippen molar-refractivity contribution in [2.75, 3.05) is 30.4 Å². The Bertz CT molecular complexity index is 601. The lowest BCUT2D eigenvalue weighted by atomic mass is 10.1. The predicted octanol–water partition coefficient (Wildman–Crippen LogP) is 3.14. The zero-order chi connectivity index (χ0) is 14.7. The molecule has 5 heteroatoms. The van der Waals surface area contributed by atoms with E-state index in [-0.39, 0.29) is 6.61 Å². The highest BCUT2D eigenvalue weighted by Gasteiger charge is 2.12. The minimum absolute atomic E-state index is 0.0965. The van der Waals surface area contributed by atoms with Gasteiger partial charge in [0, 0.05) is 35.4 Å². The molecule has 0 spiro atoms. The maximum Gasteiger partial charge on any atom is 0.136 e. The maximum absolute atomic E-state index is 9.08. The van der Waals surface area contributed by atoms with E-state index in [4.69, 9.17) is 16.7 Å². The monoisotopic (exact) mass is 293 g/mol. The van der Waals surface area contributed by atoms with Crippen molar-refractivity contribution in [3.63, 3.8) is 0 Å². The SMILES string of the molecule is CC(C)Nc1cnc(N(C)CCO)c2ccc(Cl)cc12. The number of aromatic nitrogens is 1. The lowest BCUT2D eigenvalue weighted by Crippen LogP contribution is -2.22. The highest BCUT2D eigenvalue weighted by atomic mass is 35.5. The molecule has 0 unspecified atom stereocenters. The molecular weight excluding hydrogens is 274 g/mol. The van der Waals surface area contributed by atoms with Crippen molar-refractivity contribution in [2.45, 2.75) is 19.9 Å². The standard InChI is InChI=1S/C15H20ClN3O/c1-10(2)18-14-9-17-15(19(3)6-7-20)12-5-4-11(16)8-13(12)14/h4-5,8-10,18,20H,6-7H2,1-3H3. The summed E-state index contributed by atoms with van der Waals surface area (Å²) in [5, 5.41) is 15.2. The summed E-state index contributed by atoms with van der Waals surface area (Å²) in [7, 11) is 1.92. The molecule has 0 fully saturated rings. The number of fused-ring (bicyclic) bond motifs is 1. The van der Waals surface area contributed by atoms with Crippen molar-refractivity contribution >= 4 is 33.9 Å². The van der Waals surface area contributed by atoms with Crippen molar-refractivity contribution in [1.29, 1.82) is 0 Å². The second-order valence-electron chi connectivity index (χ2n) is 5.13. The van der Waals surface area contributed by atoms with Gasteiger partial charge in [0.05, 0.1) is 18.5 Å². The molecule has 0 radical (unpaired) electrons. The predicted molar refractivity (Wildman–Crippen MR) is 85.9 cm³/mol. The number of benzene rings is 1. The van der Waals surface area contributed by atoms with Crippen LogP contribution in [0.25, 0.3) is 10.8 Å². The normalized spacial score (nSPS) is 11.1. The summed E-state index contributed by atoms with van der Waals surface area (Å²) in [6, 6.07) is 6.10. The number of rotatable bonds is 5. The van der Waals surface area contributed by atoms with E-state index < -0.39 is 0 Å². The van der Waals surface area contributed by atoms with Crippen LogP contribution in [0.5, 0.6) is 0 Å².